The summed E-state index contributed by atoms with van der Waals surface area (Å²) < 4.78 is 30.1. The number of ether oxygens (including phenoxy) is 1. The summed E-state index contributed by atoms with van der Waals surface area (Å²) in [6.07, 6.45) is 2.56. The summed E-state index contributed by atoms with van der Waals surface area (Å²) in [4.78, 5) is 24.3. The fourth-order valence-electron chi connectivity index (χ4n) is 3.50. The van der Waals surface area contributed by atoms with Crippen LogP contribution in [0.1, 0.15) is 57.8 Å². The normalized spacial score (nSPS) is 20.7. The molecule has 1 saturated heterocycles. The maximum Gasteiger partial charge on any atom is 0.337 e. The largest absolute Gasteiger partial charge is 0.465 e. The van der Waals surface area contributed by atoms with Crippen LogP contribution in [0, 0.1) is 0 Å². The first-order valence-electron chi connectivity index (χ1n) is 9.16. The van der Waals surface area contributed by atoms with Crippen molar-refractivity contribution in [2.75, 3.05) is 23.9 Å². The van der Waals surface area contributed by atoms with E-state index in [0.717, 1.165) is 18.5 Å². The zero-order chi connectivity index (χ0) is 19.9. The first kappa shape index (κ1) is 18.7. The highest BCUT2D eigenvalue weighted by molar-refractivity contribution is 7.91. The lowest BCUT2D eigenvalue weighted by molar-refractivity contribution is 0.0600. The quantitative estimate of drug-likeness (QED) is 0.767. The zero-order valence-electron chi connectivity index (χ0n) is 15.4. The molecule has 1 atom stereocenters. The predicted molar refractivity (Wildman–Crippen MR) is 102 cm³/mol. The molecule has 148 valence electrons. The van der Waals surface area contributed by atoms with Gasteiger partial charge in [0.05, 0.1) is 30.2 Å². The fourth-order valence-corrected chi connectivity index (χ4v) is 5.19. The number of methoxy groups -OCH3 is 1. The first-order valence-corrected chi connectivity index (χ1v) is 11.0. The number of hydrogen-bond acceptors (Lipinski definition) is 6. The summed E-state index contributed by atoms with van der Waals surface area (Å²) in [6.45, 7) is 0. The van der Waals surface area contributed by atoms with Crippen molar-refractivity contribution >= 4 is 27.4 Å². The van der Waals surface area contributed by atoms with E-state index in [1.807, 2.05) is 0 Å². The van der Waals surface area contributed by atoms with Gasteiger partial charge in [0.1, 0.15) is 0 Å². The molecule has 1 aromatic carbocycles. The first-order chi connectivity index (χ1) is 13.4. The highest BCUT2D eigenvalue weighted by Gasteiger charge is 2.36. The van der Waals surface area contributed by atoms with Crippen LogP contribution in [-0.4, -0.2) is 48.7 Å². The van der Waals surface area contributed by atoms with E-state index < -0.39 is 21.7 Å². The Morgan fingerprint density at radius 1 is 1.21 bits per heavy atom. The van der Waals surface area contributed by atoms with Gasteiger partial charge in [-0.25, -0.2) is 13.2 Å². The van der Waals surface area contributed by atoms with Crippen molar-refractivity contribution in [2.24, 2.45) is 0 Å². The van der Waals surface area contributed by atoms with Crippen molar-refractivity contribution in [1.82, 2.24) is 9.78 Å². The predicted octanol–water partition coefficient (Wildman–Crippen LogP) is 2.16. The Balaban J connectivity index is 1.57. The van der Waals surface area contributed by atoms with Gasteiger partial charge in [0.2, 0.25) is 0 Å². The maximum atomic E-state index is 12.7. The second-order valence-corrected chi connectivity index (χ2v) is 9.49. The van der Waals surface area contributed by atoms with Gasteiger partial charge >= 0.3 is 5.97 Å². The van der Waals surface area contributed by atoms with Crippen molar-refractivity contribution in [3.63, 3.8) is 0 Å². The molecular weight excluding hydrogens is 382 g/mol. The Morgan fingerprint density at radius 3 is 2.64 bits per heavy atom. The highest BCUT2D eigenvalue weighted by atomic mass is 32.2. The molecule has 1 aliphatic heterocycles. The standard InChI is InChI=1S/C19H21N3O5S/c1-27-19(24)13-3-2-4-14(9-13)20-18(23)16-10-17(12-5-6-12)22(21-16)15-7-8-28(25,26)11-15/h2-4,9-10,12,15H,5-8,11H2,1H3,(H,20,23). The van der Waals surface area contributed by atoms with Crippen molar-refractivity contribution in [2.45, 2.75) is 31.2 Å². The van der Waals surface area contributed by atoms with Crippen LogP contribution in [0.4, 0.5) is 5.69 Å². The molecule has 0 bridgehead atoms. The van der Waals surface area contributed by atoms with Crippen molar-refractivity contribution < 1.29 is 22.7 Å². The van der Waals surface area contributed by atoms with E-state index in [-0.39, 0.29) is 23.2 Å². The molecule has 1 aliphatic carbocycles. The van der Waals surface area contributed by atoms with Crippen LogP contribution in [0.3, 0.4) is 0 Å². The summed E-state index contributed by atoms with van der Waals surface area (Å²) in [6, 6.07) is 7.99. The molecule has 1 N–H and O–H groups in total. The van der Waals surface area contributed by atoms with Crippen LogP contribution in [0.15, 0.2) is 30.3 Å². The fraction of sp³-hybridized carbons (Fsp3) is 0.421. The second kappa shape index (κ2) is 7.05. The van der Waals surface area contributed by atoms with Crippen LogP contribution in [-0.2, 0) is 14.6 Å². The summed E-state index contributed by atoms with van der Waals surface area (Å²) >= 11 is 0. The lowest BCUT2D eigenvalue weighted by Crippen LogP contribution is -2.17. The molecule has 1 saturated carbocycles. The van der Waals surface area contributed by atoms with Gasteiger partial charge in [0.15, 0.2) is 15.5 Å². The smallest absolute Gasteiger partial charge is 0.337 e. The molecule has 4 rings (SSSR count). The van der Waals surface area contributed by atoms with E-state index in [1.54, 1.807) is 28.9 Å². The minimum atomic E-state index is -3.05. The van der Waals surface area contributed by atoms with Gasteiger partial charge in [-0.2, -0.15) is 5.10 Å². The van der Waals surface area contributed by atoms with Crippen molar-refractivity contribution in [3.8, 4) is 0 Å². The van der Waals surface area contributed by atoms with E-state index in [0.29, 0.717) is 23.6 Å². The van der Waals surface area contributed by atoms with E-state index in [2.05, 4.69) is 10.4 Å². The van der Waals surface area contributed by atoms with Gasteiger partial charge < -0.3 is 10.1 Å². The monoisotopic (exact) mass is 403 g/mol. The third-order valence-electron chi connectivity index (χ3n) is 5.09. The molecule has 9 heteroatoms. The Morgan fingerprint density at radius 2 is 2.00 bits per heavy atom. The average Bonchev–Trinajstić information content (AvgIpc) is 3.31. The average molecular weight is 403 g/mol. The van der Waals surface area contributed by atoms with Crippen LogP contribution >= 0.6 is 0 Å². The highest BCUT2D eigenvalue weighted by Crippen LogP contribution is 2.42. The van der Waals surface area contributed by atoms with Gasteiger partial charge in [0, 0.05) is 17.3 Å². The zero-order valence-corrected chi connectivity index (χ0v) is 16.2. The second-order valence-electron chi connectivity index (χ2n) is 7.26. The van der Waals surface area contributed by atoms with Crippen molar-refractivity contribution in [3.05, 3.63) is 47.3 Å². The Bertz CT molecular complexity index is 1040. The number of anilines is 1. The number of aromatic nitrogens is 2. The van der Waals surface area contributed by atoms with Crippen LogP contribution in [0.25, 0.3) is 0 Å². The van der Waals surface area contributed by atoms with Gasteiger partial charge in [-0.3, -0.25) is 9.48 Å². The number of nitrogens with zero attached hydrogens (tertiary/aromatic N) is 2. The molecular formula is C19H21N3O5S. The molecule has 0 spiro atoms. The number of hydrogen-bond donors (Lipinski definition) is 1. The molecule has 2 heterocycles. The molecule has 1 unspecified atom stereocenters. The van der Waals surface area contributed by atoms with Crippen LogP contribution in [0.2, 0.25) is 0 Å². The van der Waals surface area contributed by atoms with Gasteiger partial charge in [-0.05, 0) is 43.5 Å². The minimum Gasteiger partial charge on any atom is -0.465 e. The molecule has 2 aliphatic rings. The maximum absolute atomic E-state index is 12.7. The van der Waals surface area contributed by atoms with Gasteiger partial charge in [-0.15, -0.1) is 0 Å². The van der Waals surface area contributed by atoms with E-state index in [9.17, 15) is 18.0 Å². The summed E-state index contributed by atoms with van der Waals surface area (Å²) in [7, 11) is -1.75. The number of nitrogens with one attached hydrogen (secondary N) is 1. The van der Waals surface area contributed by atoms with E-state index in [1.165, 1.54) is 13.2 Å². The Labute approximate surface area is 162 Å². The summed E-state index contributed by atoms with van der Waals surface area (Å²) in [5, 5.41) is 7.18. The minimum absolute atomic E-state index is 0.0661. The van der Waals surface area contributed by atoms with Gasteiger partial charge in [-0.1, -0.05) is 6.07 Å². The summed E-state index contributed by atoms with van der Waals surface area (Å²) in [5.74, 6) is -0.331. The number of esters is 1. The third kappa shape index (κ3) is 3.80. The lowest BCUT2D eigenvalue weighted by Gasteiger charge is -2.12. The van der Waals surface area contributed by atoms with E-state index >= 15 is 0 Å². The molecule has 2 fully saturated rings. The summed E-state index contributed by atoms with van der Waals surface area (Å²) in [5.41, 5.74) is 1.96. The number of benzene rings is 1. The number of carbonyl (C=O) groups excluding carboxylic acids is 2. The molecule has 2 aromatic rings. The molecule has 0 radical (unpaired) electrons. The van der Waals surface area contributed by atoms with Gasteiger partial charge in [0.25, 0.3) is 5.91 Å². The van der Waals surface area contributed by atoms with Crippen molar-refractivity contribution in [1.29, 1.82) is 0 Å². The number of rotatable bonds is 5. The Kier molecular flexibility index (Phi) is 4.70. The van der Waals surface area contributed by atoms with Crippen LogP contribution in [0.5, 0.6) is 0 Å². The topological polar surface area (TPSA) is 107 Å². The van der Waals surface area contributed by atoms with Crippen LogP contribution < -0.4 is 5.32 Å². The number of amides is 1. The third-order valence-corrected chi connectivity index (χ3v) is 6.84. The lowest BCUT2D eigenvalue weighted by atomic mass is 10.2. The molecule has 8 nitrogen and oxygen atoms in total. The Hall–Kier alpha value is -2.68. The molecule has 1 amide bonds. The SMILES string of the molecule is COC(=O)c1cccc(NC(=O)c2cc(C3CC3)n(C3CCS(=O)(=O)C3)n2)c1. The molecule has 28 heavy (non-hydrogen) atoms. The number of carbonyl (C=O) groups is 2. The number of sulfone groups is 1. The molecule has 1 aromatic heterocycles. The van der Waals surface area contributed by atoms with E-state index in [4.69, 9.17) is 4.74 Å².